The second-order valence-electron chi connectivity index (χ2n) is 9.28. The van der Waals surface area contributed by atoms with Gasteiger partial charge >= 0.3 is 0 Å². The molecule has 0 radical (unpaired) electrons. The summed E-state index contributed by atoms with van der Waals surface area (Å²) in [5.41, 5.74) is 1.37. The molecule has 0 atom stereocenters. The first kappa shape index (κ1) is 26.4. The van der Waals surface area contributed by atoms with Gasteiger partial charge in [0.05, 0.1) is 23.6 Å². The largest absolute Gasteiger partial charge is 0.494 e. The average molecular weight is 569 g/mol. The molecule has 3 heterocycles. The summed E-state index contributed by atoms with van der Waals surface area (Å²) < 4.78 is 37.3. The van der Waals surface area contributed by atoms with Crippen molar-refractivity contribution in [2.24, 2.45) is 0 Å². The van der Waals surface area contributed by atoms with Gasteiger partial charge in [0.2, 0.25) is 0 Å². The number of pyridine rings is 1. The number of aromatic hydroxyl groups is 1. The van der Waals surface area contributed by atoms with Crippen LogP contribution in [0.4, 0.5) is 14.5 Å². The number of H-pyrrole nitrogens is 1. The molecule has 0 aliphatic rings. The van der Waals surface area contributed by atoms with Gasteiger partial charge in [0.25, 0.3) is 11.5 Å². The van der Waals surface area contributed by atoms with Gasteiger partial charge in [-0.1, -0.05) is 0 Å². The van der Waals surface area contributed by atoms with Crippen LogP contribution in [0.2, 0.25) is 0 Å². The summed E-state index contributed by atoms with van der Waals surface area (Å²) in [5.74, 6) is -2.27. The SMILES string of the molecule is CCn1ncc2cc(Oc3ccc(NC(=O)c4ccc(O)n(-c5ccc(F)cc5)c4=O)cc3F)c(-c3cn[nH]c3)cc21. The van der Waals surface area contributed by atoms with Crippen LogP contribution in [0, 0.1) is 11.6 Å². The zero-order valence-electron chi connectivity index (χ0n) is 22.0. The molecule has 0 aliphatic carbocycles. The van der Waals surface area contributed by atoms with Gasteiger partial charge in [0.1, 0.15) is 17.1 Å². The van der Waals surface area contributed by atoms with Gasteiger partial charge in [-0.2, -0.15) is 10.2 Å². The Bertz CT molecular complexity index is 2000. The van der Waals surface area contributed by atoms with Crippen LogP contribution in [-0.4, -0.2) is 35.6 Å². The summed E-state index contributed by atoms with van der Waals surface area (Å²) in [4.78, 5) is 26.0. The predicted octanol–water partition coefficient (Wildman–Crippen LogP) is 5.63. The normalized spacial score (nSPS) is 11.1. The number of nitrogens with one attached hydrogen (secondary N) is 2. The zero-order valence-corrected chi connectivity index (χ0v) is 22.0. The third kappa shape index (κ3) is 4.85. The first-order valence-corrected chi connectivity index (χ1v) is 12.8. The van der Waals surface area contributed by atoms with E-state index in [0.717, 1.165) is 51.4 Å². The maximum atomic E-state index is 15.2. The number of amides is 1. The van der Waals surface area contributed by atoms with Crippen molar-refractivity contribution in [1.29, 1.82) is 0 Å². The van der Waals surface area contributed by atoms with Crippen LogP contribution in [0.3, 0.4) is 0 Å². The minimum atomic E-state index is -0.840. The van der Waals surface area contributed by atoms with Gasteiger partial charge in [-0.25, -0.2) is 13.3 Å². The Morgan fingerprint density at radius 3 is 2.55 bits per heavy atom. The van der Waals surface area contributed by atoms with E-state index in [1.54, 1.807) is 24.7 Å². The number of nitrogens with zero attached hydrogens (tertiary/aromatic N) is 4. The van der Waals surface area contributed by atoms with E-state index >= 15 is 4.39 Å². The van der Waals surface area contributed by atoms with Crippen LogP contribution >= 0.6 is 0 Å². The van der Waals surface area contributed by atoms with Crippen LogP contribution < -0.4 is 15.6 Å². The van der Waals surface area contributed by atoms with Crippen LogP contribution in [0.5, 0.6) is 17.4 Å². The Morgan fingerprint density at radius 2 is 1.83 bits per heavy atom. The molecule has 0 unspecified atom stereocenters. The molecule has 6 rings (SSSR count). The number of benzene rings is 3. The highest BCUT2D eigenvalue weighted by molar-refractivity contribution is 6.04. The standard InChI is InChI=1S/C30H22F2N6O4/c1-2-37-25-13-23(18-14-33-34-15-18)27(11-17(25)16-35-37)42-26-9-5-20(12-24(26)32)36-29(40)22-8-10-28(39)38(30(22)41)21-6-3-19(31)4-7-21/h3-16,39H,2H2,1H3,(H,33,34)(H,36,40). The lowest BCUT2D eigenvalue weighted by Crippen LogP contribution is -2.28. The fourth-order valence-electron chi connectivity index (χ4n) is 4.58. The van der Waals surface area contributed by atoms with Crippen LogP contribution in [0.25, 0.3) is 27.7 Å². The van der Waals surface area contributed by atoms with Gasteiger partial charge in [0, 0.05) is 41.0 Å². The van der Waals surface area contributed by atoms with Crippen molar-refractivity contribution in [2.75, 3.05) is 5.32 Å². The lowest BCUT2D eigenvalue weighted by Gasteiger charge is -2.14. The lowest BCUT2D eigenvalue weighted by molar-refractivity contribution is 0.102. The first-order chi connectivity index (χ1) is 20.3. The van der Waals surface area contributed by atoms with Gasteiger partial charge in [-0.3, -0.25) is 19.4 Å². The van der Waals surface area contributed by atoms with Crippen molar-refractivity contribution in [3.8, 4) is 34.2 Å². The average Bonchev–Trinajstić information content (AvgIpc) is 3.65. The monoisotopic (exact) mass is 568 g/mol. The number of aryl methyl sites for hydroxylation is 1. The lowest BCUT2D eigenvalue weighted by atomic mass is 10.1. The van der Waals surface area contributed by atoms with Gasteiger partial charge in [-0.05, 0) is 67.6 Å². The van der Waals surface area contributed by atoms with Crippen molar-refractivity contribution in [2.45, 2.75) is 13.5 Å². The third-order valence-corrected chi connectivity index (χ3v) is 6.65. The van der Waals surface area contributed by atoms with Crippen LogP contribution in [0.15, 0.2) is 90.1 Å². The Kier molecular flexibility index (Phi) is 6.71. The van der Waals surface area contributed by atoms with E-state index in [0.29, 0.717) is 17.9 Å². The molecule has 3 aromatic heterocycles. The highest BCUT2D eigenvalue weighted by Gasteiger charge is 2.19. The van der Waals surface area contributed by atoms with E-state index in [-0.39, 0.29) is 22.7 Å². The summed E-state index contributed by atoms with van der Waals surface area (Å²) in [6.45, 7) is 2.65. The molecule has 3 aromatic carbocycles. The first-order valence-electron chi connectivity index (χ1n) is 12.8. The van der Waals surface area contributed by atoms with Crippen LogP contribution in [-0.2, 0) is 6.54 Å². The Morgan fingerprint density at radius 1 is 1.02 bits per heavy atom. The number of anilines is 1. The van der Waals surface area contributed by atoms with Crippen LogP contribution in [0.1, 0.15) is 17.3 Å². The Hall–Kier alpha value is -5.78. The minimum Gasteiger partial charge on any atom is -0.494 e. The molecule has 0 saturated heterocycles. The molecule has 0 saturated carbocycles. The molecule has 10 nitrogen and oxygen atoms in total. The molecule has 6 aromatic rings. The minimum absolute atomic E-state index is 0.0698. The second-order valence-corrected chi connectivity index (χ2v) is 9.28. The number of aromatic amines is 1. The number of rotatable bonds is 7. The van der Waals surface area contributed by atoms with Gasteiger partial charge < -0.3 is 15.2 Å². The van der Waals surface area contributed by atoms with Gasteiger partial charge in [0.15, 0.2) is 17.4 Å². The van der Waals surface area contributed by atoms with E-state index in [9.17, 15) is 19.1 Å². The van der Waals surface area contributed by atoms with E-state index in [1.165, 1.54) is 24.3 Å². The highest BCUT2D eigenvalue weighted by atomic mass is 19.1. The fourth-order valence-corrected chi connectivity index (χ4v) is 4.58. The number of fused-ring (bicyclic) bond motifs is 1. The fraction of sp³-hybridized carbons (Fsp3) is 0.0667. The van der Waals surface area contributed by atoms with E-state index in [4.69, 9.17) is 4.74 Å². The smallest absolute Gasteiger partial charge is 0.270 e. The molecule has 0 aliphatic heterocycles. The van der Waals surface area contributed by atoms with Crippen molar-refractivity contribution >= 4 is 22.5 Å². The molecule has 210 valence electrons. The number of aromatic nitrogens is 5. The van der Waals surface area contributed by atoms with Crippen molar-refractivity contribution < 1.29 is 23.4 Å². The number of hydrogen-bond donors (Lipinski definition) is 3. The summed E-state index contributed by atoms with van der Waals surface area (Å²) in [6, 6.07) is 14.6. The highest BCUT2D eigenvalue weighted by Crippen LogP contribution is 2.38. The summed E-state index contributed by atoms with van der Waals surface area (Å²) in [7, 11) is 0. The summed E-state index contributed by atoms with van der Waals surface area (Å²) in [6.07, 6.45) is 5.03. The number of ether oxygens (including phenoxy) is 1. The quantitative estimate of drug-likeness (QED) is 0.229. The molecule has 0 bridgehead atoms. The molecule has 0 spiro atoms. The third-order valence-electron chi connectivity index (χ3n) is 6.65. The van der Waals surface area contributed by atoms with Crippen molar-refractivity contribution in [3.63, 3.8) is 0 Å². The number of halogens is 2. The number of hydrogen-bond acceptors (Lipinski definition) is 6. The number of carbonyl (C=O) groups excluding carboxylic acids is 1. The molecule has 1 amide bonds. The predicted molar refractivity (Wildman–Crippen MR) is 151 cm³/mol. The van der Waals surface area contributed by atoms with E-state index < -0.39 is 29.0 Å². The van der Waals surface area contributed by atoms with E-state index in [1.807, 2.05) is 17.7 Å². The number of carbonyl (C=O) groups is 1. The second kappa shape index (κ2) is 10.7. The molecule has 0 fully saturated rings. The molecular formula is C30H22F2N6O4. The zero-order chi connectivity index (χ0) is 29.4. The van der Waals surface area contributed by atoms with Crippen molar-refractivity contribution in [1.82, 2.24) is 24.5 Å². The van der Waals surface area contributed by atoms with Crippen molar-refractivity contribution in [3.05, 3.63) is 113 Å². The molecular weight excluding hydrogens is 546 g/mol. The molecule has 42 heavy (non-hydrogen) atoms. The molecule has 3 N–H and O–H groups in total. The maximum Gasteiger partial charge on any atom is 0.270 e. The summed E-state index contributed by atoms with van der Waals surface area (Å²) >= 11 is 0. The topological polar surface area (TPSA) is 127 Å². The van der Waals surface area contributed by atoms with E-state index in [2.05, 4.69) is 20.6 Å². The molecule has 12 heteroatoms. The Labute approximate surface area is 236 Å². The Balaban J connectivity index is 1.28. The maximum absolute atomic E-state index is 15.2. The van der Waals surface area contributed by atoms with Gasteiger partial charge in [-0.15, -0.1) is 0 Å². The summed E-state index contributed by atoms with van der Waals surface area (Å²) in [5, 5.41) is 24.7.